The van der Waals surface area contributed by atoms with Gasteiger partial charge in [-0.05, 0) is 19.3 Å². The molecule has 0 aromatic heterocycles. The number of hydrogen-bond donors (Lipinski definition) is 7. The number of carboxylic acid groups (broad SMARTS) is 1. The summed E-state index contributed by atoms with van der Waals surface area (Å²) >= 11 is 0. The van der Waals surface area contributed by atoms with Crippen LogP contribution in [-0.2, 0) is 9.59 Å². The number of aliphatic carboxylic acids is 1. The molecule has 1 saturated heterocycles. The maximum Gasteiger partial charge on any atom is 0.326 e. The van der Waals surface area contributed by atoms with Gasteiger partial charge in [0.05, 0.1) is 12.1 Å². The average molecular weight is 287 g/mol. The first kappa shape index (κ1) is 16.2. The van der Waals surface area contributed by atoms with Crippen molar-refractivity contribution in [3.8, 4) is 0 Å². The Morgan fingerprint density at radius 2 is 2.20 bits per heavy atom. The molecular weight excluding hydrogens is 266 g/mol. The molecule has 1 aliphatic rings. The maximum absolute atomic E-state index is 11.8. The topological polar surface area (TPSA) is 161 Å². The van der Waals surface area contributed by atoms with Crippen LogP contribution in [0.1, 0.15) is 19.3 Å². The van der Waals surface area contributed by atoms with Crippen LogP contribution in [0.15, 0.2) is 0 Å². The largest absolute Gasteiger partial charge is 0.480 e. The van der Waals surface area contributed by atoms with Gasteiger partial charge < -0.3 is 31.9 Å². The third kappa shape index (κ3) is 5.41. The van der Waals surface area contributed by atoms with Gasteiger partial charge in [0.15, 0.2) is 5.96 Å². The van der Waals surface area contributed by atoms with Crippen molar-refractivity contribution in [2.75, 3.05) is 13.1 Å². The van der Waals surface area contributed by atoms with Gasteiger partial charge in [0, 0.05) is 13.1 Å². The molecule has 1 amide bonds. The molecule has 9 heteroatoms. The molecule has 0 spiro atoms. The van der Waals surface area contributed by atoms with Gasteiger partial charge in [-0.15, -0.1) is 0 Å². The Kier molecular flexibility index (Phi) is 6.19. The van der Waals surface area contributed by atoms with E-state index >= 15 is 0 Å². The van der Waals surface area contributed by atoms with Crippen LogP contribution >= 0.6 is 0 Å². The first-order valence-electron chi connectivity index (χ1n) is 6.42. The molecule has 0 radical (unpaired) electrons. The molecule has 0 unspecified atom stereocenters. The Morgan fingerprint density at radius 1 is 1.50 bits per heavy atom. The van der Waals surface area contributed by atoms with Crippen molar-refractivity contribution in [2.45, 2.75) is 37.5 Å². The Balaban J connectivity index is 2.36. The SMILES string of the molecule is N=C(N)NCCC[C@H](NC(=O)[C@@H]1C[C@@H](O)CN1)C(=O)O. The molecule has 1 aliphatic heterocycles. The summed E-state index contributed by atoms with van der Waals surface area (Å²) in [6, 6.07) is -1.54. The van der Waals surface area contributed by atoms with Crippen LogP contribution in [0.3, 0.4) is 0 Å². The van der Waals surface area contributed by atoms with Gasteiger partial charge >= 0.3 is 5.97 Å². The van der Waals surface area contributed by atoms with Crippen LogP contribution in [0.4, 0.5) is 0 Å². The zero-order chi connectivity index (χ0) is 15.1. The van der Waals surface area contributed by atoms with Crippen molar-refractivity contribution in [1.29, 1.82) is 5.41 Å². The van der Waals surface area contributed by atoms with Crippen molar-refractivity contribution in [3.63, 3.8) is 0 Å². The Hall–Kier alpha value is -1.87. The monoisotopic (exact) mass is 287 g/mol. The molecular formula is C11H21N5O4. The molecule has 0 aromatic carbocycles. The molecule has 1 fully saturated rings. The fraction of sp³-hybridized carbons (Fsp3) is 0.727. The van der Waals surface area contributed by atoms with Crippen LogP contribution in [0, 0.1) is 5.41 Å². The highest BCUT2D eigenvalue weighted by molar-refractivity contribution is 5.87. The lowest BCUT2D eigenvalue weighted by atomic mass is 10.1. The summed E-state index contributed by atoms with van der Waals surface area (Å²) in [4.78, 5) is 22.9. The van der Waals surface area contributed by atoms with E-state index in [-0.39, 0.29) is 18.8 Å². The highest BCUT2D eigenvalue weighted by Crippen LogP contribution is 2.07. The van der Waals surface area contributed by atoms with Gasteiger partial charge in [-0.25, -0.2) is 4.79 Å². The number of rotatable bonds is 7. The standard InChI is InChI=1S/C11H21N5O4/c12-11(13)14-3-1-2-7(10(19)20)16-9(18)8-4-6(17)5-15-8/h6-8,15,17H,1-5H2,(H,16,18)(H,19,20)(H4,12,13,14)/t6-,7+,8+/m1/s1. The average Bonchev–Trinajstić information content (AvgIpc) is 2.79. The van der Waals surface area contributed by atoms with Crippen molar-refractivity contribution in [1.82, 2.24) is 16.0 Å². The number of carbonyl (C=O) groups excluding carboxylic acids is 1. The minimum atomic E-state index is -1.11. The molecule has 0 aromatic rings. The van der Waals surface area contributed by atoms with Gasteiger partial charge in [0.2, 0.25) is 5.91 Å². The molecule has 0 aliphatic carbocycles. The van der Waals surface area contributed by atoms with E-state index in [1.165, 1.54) is 0 Å². The van der Waals surface area contributed by atoms with Crippen molar-refractivity contribution >= 4 is 17.8 Å². The molecule has 1 rings (SSSR count). The Labute approximate surface area is 116 Å². The number of aliphatic hydroxyl groups is 1. The predicted molar refractivity (Wildman–Crippen MR) is 71.1 cm³/mol. The van der Waals surface area contributed by atoms with Crippen LogP contribution in [0.25, 0.3) is 0 Å². The number of nitrogens with one attached hydrogen (secondary N) is 4. The zero-order valence-electron chi connectivity index (χ0n) is 11.1. The summed E-state index contributed by atoms with van der Waals surface area (Å²) in [5.41, 5.74) is 5.10. The maximum atomic E-state index is 11.8. The zero-order valence-corrected chi connectivity index (χ0v) is 11.1. The van der Waals surface area contributed by atoms with Crippen molar-refractivity contribution in [3.05, 3.63) is 0 Å². The van der Waals surface area contributed by atoms with Crippen LogP contribution < -0.4 is 21.7 Å². The van der Waals surface area contributed by atoms with Gasteiger partial charge in [-0.1, -0.05) is 0 Å². The molecule has 8 N–H and O–H groups in total. The molecule has 1 heterocycles. The van der Waals surface area contributed by atoms with Crippen LogP contribution in [-0.4, -0.2) is 59.3 Å². The Morgan fingerprint density at radius 3 is 2.70 bits per heavy atom. The molecule has 0 bridgehead atoms. The number of nitrogens with two attached hydrogens (primary N) is 1. The summed E-state index contributed by atoms with van der Waals surface area (Å²) in [5.74, 6) is -1.71. The van der Waals surface area contributed by atoms with E-state index < -0.39 is 30.1 Å². The minimum absolute atomic E-state index is 0.176. The smallest absolute Gasteiger partial charge is 0.326 e. The van der Waals surface area contributed by atoms with Crippen LogP contribution in [0.5, 0.6) is 0 Å². The van der Waals surface area contributed by atoms with E-state index in [1.54, 1.807) is 0 Å². The van der Waals surface area contributed by atoms with E-state index in [2.05, 4.69) is 16.0 Å². The fourth-order valence-electron chi connectivity index (χ4n) is 1.98. The fourth-order valence-corrected chi connectivity index (χ4v) is 1.98. The van der Waals surface area contributed by atoms with Gasteiger partial charge in [-0.2, -0.15) is 0 Å². The summed E-state index contributed by atoms with van der Waals surface area (Å²) in [6.07, 6.45) is 0.395. The molecule has 114 valence electrons. The Bertz CT molecular complexity index is 376. The second-order valence-electron chi connectivity index (χ2n) is 4.73. The quantitative estimate of drug-likeness (QED) is 0.155. The third-order valence-corrected chi connectivity index (χ3v) is 3.02. The molecule has 0 saturated carbocycles. The van der Waals surface area contributed by atoms with E-state index in [1.807, 2.05) is 0 Å². The van der Waals surface area contributed by atoms with Crippen LogP contribution in [0.2, 0.25) is 0 Å². The van der Waals surface area contributed by atoms with E-state index in [4.69, 9.17) is 16.2 Å². The lowest BCUT2D eigenvalue weighted by molar-refractivity contribution is -0.142. The van der Waals surface area contributed by atoms with E-state index in [0.717, 1.165) is 0 Å². The number of carbonyl (C=O) groups is 2. The first-order valence-corrected chi connectivity index (χ1v) is 6.42. The number of β-amino-alcohol motifs (C(OH)–C–C–N with tert-alkyl or cyclic N) is 1. The third-order valence-electron chi connectivity index (χ3n) is 3.02. The lowest BCUT2D eigenvalue weighted by Crippen LogP contribution is -2.48. The molecule has 3 atom stereocenters. The van der Waals surface area contributed by atoms with Gasteiger partial charge in [0.1, 0.15) is 6.04 Å². The second-order valence-corrected chi connectivity index (χ2v) is 4.73. The lowest BCUT2D eigenvalue weighted by Gasteiger charge is -2.17. The highest BCUT2D eigenvalue weighted by Gasteiger charge is 2.30. The van der Waals surface area contributed by atoms with E-state index in [0.29, 0.717) is 19.5 Å². The number of carboxylic acids is 1. The summed E-state index contributed by atoms with van der Waals surface area (Å²) < 4.78 is 0. The number of hydrogen-bond acceptors (Lipinski definition) is 5. The number of guanidine groups is 1. The van der Waals surface area contributed by atoms with Gasteiger partial charge in [0.25, 0.3) is 0 Å². The minimum Gasteiger partial charge on any atom is -0.480 e. The predicted octanol–water partition coefficient (Wildman–Crippen LogP) is -2.46. The summed E-state index contributed by atoms with van der Waals surface area (Å²) in [5, 5.41) is 33.2. The summed E-state index contributed by atoms with van der Waals surface area (Å²) in [7, 11) is 0. The van der Waals surface area contributed by atoms with Crippen molar-refractivity contribution < 1.29 is 19.8 Å². The van der Waals surface area contributed by atoms with Gasteiger partial charge in [-0.3, -0.25) is 10.2 Å². The van der Waals surface area contributed by atoms with E-state index in [9.17, 15) is 14.7 Å². The number of aliphatic hydroxyl groups excluding tert-OH is 1. The highest BCUT2D eigenvalue weighted by atomic mass is 16.4. The second kappa shape index (κ2) is 7.65. The van der Waals surface area contributed by atoms with Crippen molar-refractivity contribution in [2.24, 2.45) is 5.73 Å². The normalized spacial score (nSPS) is 23.1. The first-order chi connectivity index (χ1) is 9.40. The summed E-state index contributed by atoms with van der Waals surface area (Å²) in [6.45, 7) is 0.702. The number of amides is 1. The molecule has 20 heavy (non-hydrogen) atoms. The molecule has 9 nitrogen and oxygen atoms in total.